The van der Waals surface area contributed by atoms with E-state index in [-0.39, 0.29) is 11.8 Å². The number of aromatic nitrogens is 1. The van der Waals surface area contributed by atoms with Crippen LogP contribution in [-0.2, 0) is 0 Å². The maximum Gasteiger partial charge on any atom is 0.356 e. The van der Waals surface area contributed by atoms with E-state index < -0.39 is 5.97 Å². The lowest BCUT2D eigenvalue weighted by Crippen LogP contribution is -2.05. The molecule has 1 aromatic heterocycles. The SMILES string of the molecule is CC(C)Oc1ccc(-c2sc(Br)nc2C(=O)O)cc1. The lowest BCUT2D eigenvalue weighted by molar-refractivity contribution is 0.0692. The van der Waals surface area contributed by atoms with Crippen LogP contribution in [0, 0.1) is 0 Å². The Bertz CT molecular complexity index is 592. The van der Waals surface area contributed by atoms with Gasteiger partial charge < -0.3 is 9.84 Å². The number of carboxylic acids is 1. The van der Waals surface area contributed by atoms with Gasteiger partial charge in [0.1, 0.15) is 5.75 Å². The maximum absolute atomic E-state index is 11.1. The quantitative estimate of drug-likeness (QED) is 0.910. The van der Waals surface area contributed by atoms with Crippen molar-refractivity contribution in [1.82, 2.24) is 4.98 Å². The molecule has 0 spiro atoms. The van der Waals surface area contributed by atoms with E-state index in [0.29, 0.717) is 8.79 Å². The minimum Gasteiger partial charge on any atom is -0.491 e. The van der Waals surface area contributed by atoms with E-state index in [9.17, 15) is 4.79 Å². The molecular formula is C13H12BrNO3S. The van der Waals surface area contributed by atoms with E-state index in [4.69, 9.17) is 9.84 Å². The molecule has 0 fully saturated rings. The zero-order chi connectivity index (χ0) is 14.0. The van der Waals surface area contributed by atoms with Gasteiger partial charge in [-0.1, -0.05) is 0 Å². The number of hydrogen-bond acceptors (Lipinski definition) is 4. The van der Waals surface area contributed by atoms with Gasteiger partial charge in [0, 0.05) is 0 Å². The largest absolute Gasteiger partial charge is 0.491 e. The smallest absolute Gasteiger partial charge is 0.356 e. The normalized spacial score (nSPS) is 10.7. The summed E-state index contributed by atoms with van der Waals surface area (Å²) >= 11 is 4.51. The minimum absolute atomic E-state index is 0.0643. The fraction of sp³-hybridized carbons (Fsp3) is 0.231. The number of carbonyl (C=O) groups is 1. The van der Waals surface area contributed by atoms with Crippen LogP contribution < -0.4 is 4.74 Å². The highest BCUT2D eigenvalue weighted by atomic mass is 79.9. The number of aromatic carboxylic acids is 1. The van der Waals surface area contributed by atoms with E-state index in [1.54, 1.807) is 0 Å². The molecule has 1 heterocycles. The van der Waals surface area contributed by atoms with Crippen LogP contribution in [-0.4, -0.2) is 22.2 Å². The van der Waals surface area contributed by atoms with Crippen LogP contribution in [0.3, 0.4) is 0 Å². The van der Waals surface area contributed by atoms with Crippen LogP contribution in [0.15, 0.2) is 28.2 Å². The van der Waals surface area contributed by atoms with E-state index in [1.165, 1.54) is 11.3 Å². The molecule has 0 saturated carbocycles. The van der Waals surface area contributed by atoms with E-state index in [1.807, 2.05) is 38.1 Å². The van der Waals surface area contributed by atoms with Gasteiger partial charge in [-0.25, -0.2) is 9.78 Å². The summed E-state index contributed by atoms with van der Waals surface area (Å²) in [5, 5.41) is 9.11. The number of carboxylic acid groups (broad SMARTS) is 1. The molecule has 0 unspecified atom stereocenters. The Morgan fingerprint density at radius 3 is 2.53 bits per heavy atom. The van der Waals surface area contributed by atoms with Crippen molar-refractivity contribution in [1.29, 1.82) is 0 Å². The fourth-order valence-electron chi connectivity index (χ4n) is 1.59. The number of thiazole rings is 1. The van der Waals surface area contributed by atoms with E-state index in [0.717, 1.165) is 11.3 Å². The lowest BCUT2D eigenvalue weighted by Gasteiger charge is -2.09. The van der Waals surface area contributed by atoms with Crippen LogP contribution >= 0.6 is 27.3 Å². The van der Waals surface area contributed by atoms with Crippen molar-refractivity contribution >= 4 is 33.2 Å². The zero-order valence-electron chi connectivity index (χ0n) is 10.4. The van der Waals surface area contributed by atoms with Crippen LogP contribution in [0.5, 0.6) is 5.75 Å². The highest BCUT2D eigenvalue weighted by Crippen LogP contribution is 2.34. The molecule has 0 aliphatic heterocycles. The summed E-state index contributed by atoms with van der Waals surface area (Å²) in [7, 11) is 0. The van der Waals surface area contributed by atoms with Gasteiger partial charge in [-0.3, -0.25) is 0 Å². The van der Waals surface area contributed by atoms with Crippen molar-refractivity contribution in [3.8, 4) is 16.2 Å². The number of hydrogen-bond donors (Lipinski definition) is 1. The van der Waals surface area contributed by atoms with Crippen molar-refractivity contribution < 1.29 is 14.6 Å². The molecule has 0 radical (unpaired) electrons. The Hall–Kier alpha value is -1.40. The molecule has 0 aliphatic carbocycles. The predicted octanol–water partition coefficient (Wildman–Crippen LogP) is 4.06. The second kappa shape index (κ2) is 5.71. The summed E-state index contributed by atoms with van der Waals surface area (Å²) in [5.74, 6) is -0.265. The van der Waals surface area contributed by atoms with Gasteiger partial charge in [0.05, 0.1) is 11.0 Å². The van der Waals surface area contributed by atoms with Gasteiger partial charge in [-0.15, -0.1) is 11.3 Å². The van der Waals surface area contributed by atoms with Crippen LogP contribution in [0.4, 0.5) is 0 Å². The molecule has 0 bridgehead atoms. The van der Waals surface area contributed by atoms with Crippen molar-refractivity contribution in [3.63, 3.8) is 0 Å². The third-order valence-electron chi connectivity index (χ3n) is 2.29. The molecule has 0 saturated heterocycles. The Labute approximate surface area is 123 Å². The molecule has 19 heavy (non-hydrogen) atoms. The van der Waals surface area contributed by atoms with Crippen molar-refractivity contribution in [2.24, 2.45) is 0 Å². The molecule has 6 heteroatoms. The standard InChI is InChI=1S/C13H12BrNO3S/c1-7(2)18-9-5-3-8(4-6-9)11-10(12(16)17)15-13(14)19-11/h3-7H,1-2H3,(H,16,17). The van der Waals surface area contributed by atoms with Gasteiger partial charge in [-0.2, -0.15) is 0 Å². The highest BCUT2D eigenvalue weighted by Gasteiger charge is 2.17. The van der Waals surface area contributed by atoms with E-state index >= 15 is 0 Å². The first-order chi connectivity index (χ1) is 8.97. The number of halogens is 1. The number of rotatable bonds is 4. The fourth-order valence-corrected chi connectivity index (χ4v) is 3.04. The van der Waals surface area contributed by atoms with Crippen LogP contribution in [0.25, 0.3) is 10.4 Å². The molecule has 2 aromatic rings. The molecule has 4 nitrogen and oxygen atoms in total. The van der Waals surface area contributed by atoms with E-state index in [2.05, 4.69) is 20.9 Å². The third-order valence-corrected chi connectivity index (χ3v) is 3.85. The molecule has 1 aromatic carbocycles. The predicted molar refractivity (Wildman–Crippen MR) is 78.0 cm³/mol. The highest BCUT2D eigenvalue weighted by molar-refractivity contribution is 9.11. The average Bonchev–Trinajstić information content (AvgIpc) is 2.72. The summed E-state index contributed by atoms with van der Waals surface area (Å²) in [6.07, 6.45) is 0.109. The number of ether oxygens (including phenoxy) is 1. The lowest BCUT2D eigenvalue weighted by atomic mass is 10.1. The van der Waals surface area contributed by atoms with Gasteiger partial charge >= 0.3 is 5.97 Å². The monoisotopic (exact) mass is 341 g/mol. The maximum atomic E-state index is 11.1. The third kappa shape index (κ3) is 3.33. The molecule has 0 amide bonds. The van der Waals surface area contributed by atoms with Gasteiger partial charge in [0.2, 0.25) is 0 Å². The molecule has 0 atom stereocenters. The Kier molecular flexibility index (Phi) is 4.21. The van der Waals surface area contributed by atoms with Gasteiger partial charge in [0.15, 0.2) is 9.61 Å². The van der Waals surface area contributed by atoms with Gasteiger partial charge in [-0.05, 0) is 59.6 Å². The van der Waals surface area contributed by atoms with Crippen molar-refractivity contribution in [2.45, 2.75) is 20.0 Å². The number of benzene rings is 1. The Morgan fingerprint density at radius 2 is 2.00 bits per heavy atom. The molecule has 2 rings (SSSR count). The minimum atomic E-state index is -1.03. The Morgan fingerprint density at radius 1 is 1.37 bits per heavy atom. The summed E-state index contributed by atoms with van der Waals surface area (Å²) < 4.78 is 6.11. The summed E-state index contributed by atoms with van der Waals surface area (Å²) in [6.45, 7) is 3.91. The summed E-state index contributed by atoms with van der Waals surface area (Å²) in [6, 6.07) is 7.33. The van der Waals surface area contributed by atoms with Crippen molar-refractivity contribution in [2.75, 3.05) is 0 Å². The summed E-state index contributed by atoms with van der Waals surface area (Å²) in [4.78, 5) is 15.7. The first-order valence-electron chi connectivity index (χ1n) is 5.64. The molecule has 1 N–H and O–H groups in total. The van der Waals surface area contributed by atoms with Crippen LogP contribution in [0.2, 0.25) is 0 Å². The molecule has 0 aliphatic rings. The first kappa shape index (κ1) is 14.0. The average molecular weight is 342 g/mol. The Balaban J connectivity index is 2.34. The molecular weight excluding hydrogens is 330 g/mol. The topological polar surface area (TPSA) is 59.4 Å². The second-order valence-corrected chi connectivity index (χ2v) is 6.42. The number of nitrogens with zero attached hydrogens (tertiary/aromatic N) is 1. The van der Waals surface area contributed by atoms with Crippen molar-refractivity contribution in [3.05, 3.63) is 33.9 Å². The second-order valence-electron chi connectivity index (χ2n) is 4.14. The van der Waals surface area contributed by atoms with Gasteiger partial charge in [0.25, 0.3) is 0 Å². The summed E-state index contributed by atoms with van der Waals surface area (Å²) in [5.41, 5.74) is 0.881. The zero-order valence-corrected chi connectivity index (χ0v) is 12.8. The molecule has 100 valence electrons. The first-order valence-corrected chi connectivity index (χ1v) is 7.25. The van der Waals surface area contributed by atoms with Crippen LogP contribution in [0.1, 0.15) is 24.3 Å².